The number of aliphatic hydroxyl groups excluding tert-OH is 1. The van der Waals surface area contributed by atoms with E-state index in [1.54, 1.807) is 12.3 Å². The molecule has 0 bridgehead atoms. The fourth-order valence-corrected chi connectivity index (χ4v) is 7.85. The van der Waals surface area contributed by atoms with E-state index < -0.39 is 90.3 Å². The van der Waals surface area contributed by atoms with Crippen molar-refractivity contribution < 1.29 is 48.6 Å². The van der Waals surface area contributed by atoms with Gasteiger partial charge in [0.05, 0.1) is 12.9 Å². The Kier molecular flexibility index (Phi) is 18.6. The van der Waals surface area contributed by atoms with E-state index in [0.717, 1.165) is 10.9 Å². The van der Waals surface area contributed by atoms with E-state index in [-0.39, 0.29) is 62.0 Å². The molecule has 0 spiro atoms. The highest BCUT2D eigenvalue weighted by atomic mass is 16.3. The van der Waals surface area contributed by atoms with Crippen LogP contribution < -0.4 is 42.5 Å². The first-order valence-electron chi connectivity index (χ1n) is 22.7. The number of nitrogens with zero attached hydrogens (tertiary/aromatic N) is 1. The maximum atomic E-state index is 14.4. The van der Waals surface area contributed by atoms with Crippen LogP contribution in [-0.2, 0) is 57.6 Å². The van der Waals surface area contributed by atoms with E-state index in [0.29, 0.717) is 23.2 Å². The molecule has 4 aromatic rings. The van der Waals surface area contributed by atoms with Crippen LogP contribution in [0.1, 0.15) is 70.2 Å². The largest absolute Gasteiger partial charge is 0.508 e. The highest BCUT2D eigenvalue weighted by Gasteiger charge is 2.36. The molecule has 1 aliphatic rings. The molecule has 12 N–H and O–H groups in total. The molecule has 21 heteroatoms. The highest BCUT2D eigenvalue weighted by Crippen LogP contribution is 2.20. The summed E-state index contributed by atoms with van der Waals surface area (Å²) in [6, 6.07) is 4.49. The van der Waals surface area contributed by atoms with Crippen molar-refractivity contribution in [1.29, 1.82) is 0 Å². The summed E-state index contributed by atoms with van der Waals surface area (Å²) in [7, 11) is 1.45. The van der Waals surface area contributed by atoms with Crippen molar-refractivity contribution in [3.05, 3.63) is 84.1 Å². The summed E-state index contributed by atoms with van der Waals surface area (Å²) in [4.78, 5) is 118. The molecule has 1 saturated heterocycles. The summed E-state index contributed by atoms with van der Waals surface area (Å²) in [5, 5.41) is 42.4. The van der Waals surface area contributed by atoms with E-state index >= 15 is 0 Å². The van der Waals surface area contributed by atoms with Crippen molar-refractivity contribution in [2.24, 2.45) is 11.8 Å². The van der Waals surface area contributed by atoms with E-state index in [4.69, 9.17) is 0 Å². The third-order valence-corrected chi connectivity index (χ3v) is 11.4. The lowest BCUT2D eigenvalue weighted by molar-refractivity contribution is -0.136. The lowest BCUT2D eigenvalue weighted by atomic mass is 9.99. The quantitative estimate of drug-likeness (QED) is 0.0431. The van der Waals surface area contributed by atoms with Gasteiger partial charge in [0.15, 0.2) is 0 Å². The fourth-order valence-electron chi connectivity index (χ4n) is 7.85. The van der Waals surface area contributed by atoms with Crippen LogP contribution in [0.4, 0.5) is 0 Å². The van der Waals surface area contributed by atoms with Crippen LogP contribution in [0.15, 0.2) is 67.3 Å². The van der Waals surface area contributed by atoms with E-state index in [9.17, 15) is 48.6 Å². The Morgan fingerprint density at radius 3 is 1.78 bits per heavy atom. The minimum atomic E-state index is -1.68. The van der Waals surface area contributed by atoms with Gasteiger partial charge >= 0.3 is 0 Å². The number of fused-ring (bicyclic) bond motifs is 1. The monoisotopic (exact) mass is 941 g/mol. The third kappa shape index (κ3) is 14.9. The fraction of sp³-hybridized carbons (Fsp3) is 0.468. The van der Waals surface area contributed by atoms with Gasteiger partial charge in [0, 0.05) is 61.7 Å². The minimum Gasteiger partial charge on any atom is -0.508 e. The molecule has 2 aromatic heterocycles. The van der Waals surface area contributed by atoms with Gasteiger partial charge in [-0.05, 0) is 60.4 Å². The number of carbonyl (C=O) groups is 8. The summed E-state index contributed by atoms with van der Waals surface area (Å²) in [5.74, 6) is -5.48. The number of benzene rings is 2. The van der Waals surface area contributed by atoms with Gasteiger partial charge in [-0.25, -0.2) is 4.98 Å². The summed E-state index contributed by atoms with van der Waals surface area (Å²) in [5.41, 5.74) is 2.35. The number of aromatic nitrogens is 3. The number of aromatic hydroxyl groups is 1. The number of likely N-dealkylation sites (N-methyl/N-ethyl adjacent to an activating group) is 1. The number of nitrogens with one attached hydrogen (secondary N) is 10. The first-order chi connectivity index (χ1) is 32.4. The Morgan fingerprint density at radius 2 is 1.22 bits per heavy atom. The van der Waals surface area contributed by atoms with Crippen LogP contribution in [0, 0.1) is 11.8 Å². The Balaban J connectivity index is 1.39. The maximum absolute atomic E-state index is 14.4. The van der Waals surface area contributed by atoms with Crippen LogP contribution >= 0.6 is 0 Å². The molecule has 0 saturated carbocycles. The number of imidazole rings is 1. The SMILES string of the molecule is CNC(=O)C(CC(C)C)NC(=O)C(CC(C)C)NC(=O)C(Cc1ccc(O)cc1)NC(=O)C(CO)NC(=O)C(Cc1c[nH]c2ccccc12)NC(=O)C(Cc1cnc[nH]1)NC(=O)C1CCC(=O)N1. The number of amides is 8. The molecule has 1 fully saturated rings. The number of hydrogen-bond donors (Lipinski definition) is 12. The number of para-hydroxylation sites is 1. The van der Waals surface area contributed by atoms with Crippen molar-refractivity contribution >= 4 is 58.2 Å². The molecular weight excluding hydrogens is 879 g/mol. The molecule has 2 aromatic carbocycles. The molecule has 0 aliphatic carbocycles. The van der Waals surface area contributed by atoms with Crippen LogP contribution in [0.25, 0.3) is 10.9 Å². The molecule has 21 nitrogen and oxygen atoms in total. The second-order valence-corrected chi connectivity index (χ2v) is 17.8. The van der Waals surface area contributed by atoms with Crippen molar-refractivity contribution in [2.45, 2.75) is 115 Å². The molecule has 1 aliphatic heterocycles. The van der Waals surface area contributed by atoms with E-state index in [1.165, 1.54) is 43.8 Å². The molecule has 7 atom stereocenters. The van der Waals surface area contributed by atoms with Crippen LogP contribution in [0.5, 0.6) is 5.75 Å². The number of aliphatic hydroxyl groups is 1. The van der Waals surface area contributed by atoms with Crippen molar-refractivity contribution in [3.8, 4) is 5.75 Å². The molecule has 3 heterocycles. The van der Waals surface area contributed by atoms with Gasteiger partial charge in [0.2, 0.25) is 47.3 Å². The lowest BCUT2D eigenvalue weighted by Crippen LogP contribution is -2.61. The zero-order chi connectivity index (χ0) is 49.5. The van der Waals surface area contributed by atoms with Crippen molar-refractivity contribution in [2.75, 3.05) is 13.7 Å². The van der Waals surface area contributed by atoms with E-state index in [1.807, 2.05) is 45.9 Å². The number of aromatic amines is 2. The Morgan fingerprint density at radius 1 is 0.676 bits per heavy atom. The predicted octanol–water partition coefficient (Wildman–Crippen LogP) is -0.358. The number of hydrogen-bond acceptors (Lipinski definition) is 11. The number of carbonyl (C=O) groups excluding carboxylic acids is 8. The summed E-state index contributed by atoms with van der Waals surface area (Å²) in [6.07, 6.45) is 5.06. The van der Waals surface area contributed by atoms with Gasteiger partial charge in [-0.3, -0.25) is 38.4 Å². The highest BCUT2D eigenvalue weighted by molar-refractivity contribution is 5.98. The Hall–Kier alpha value is -7.29. The Bertz CT molecular complexity index is 2380. The standard InChI is InChI=1S/C47H63N11O10/c1-25(2)16-34(41(62)48-5)53-43(64)35(17-26(3)4)54-44(65)36(18-27-10-12-30(60)13-11-27)55-47(68)39(23-59)58-45(66)37(19-28-21-50-32-9-7-6-8-31(28)32)56-46(67)38(20-29-22-49-24-51-29)57-42(63)33-14-15-40(61)52-33/h6-13,21-22,24-26,33-39,50,59-60H,14-20,23H2,1-5H3,(H,48,62)(H,49,51)(H,52,61)(H,53,64)(H,54,65)(H,55,68)(H,56,67)(H,57,63)(H,58,66). The van der Waals surface area contributed by atoms with Crippen LogP contribution in [0.2, 0.25) is 0 Å². The molecule has 0 radical (unpaired) electrons. The first kappa shape index (κ1) is 51.7. The average Bonchev–Trinajstić information content (AvgIpc) is 4.09. The van der Waals surface area contributed by atoms with Gasteiger partial charge in [0.25, 0.3) is 0 Å². The zero-order valence-electron chi connectivity index (χ0n) is 38.8. The minimum absolute atomic E-state index is 0.0471. The predicted molar refractivity (Wildman–Crippen MR) is 249 cm³/mol. The molecule has 68 heavy (non-hydrogen) atoms. The normalized spacial score (nSPS) is 16.1. The van der Waals surface area contributed by atoms with Crippen molar-refractivity contribution in [1.82, 2.24) is 57.5 Å². The van der Waals surface area contributed by atoms with Crippen molar-refractivity contribution in [3.63, 3.8) is 0 Å². The summed E-state index contributed by atoms with van der Waals surface area (Å²) < 4.78 is 0. The number of phenols is 1. The topological polar surface area (TPSA) is 318 Å². The zero-order valence-corrected chi connectivity index (χ0v) is 38.8. The van der Waals surface area contributed by atoms with E-state index in [2.05, 4.69) is 57.5 Å². The van der Waals surface area contributed by atoms with Gasteiger partial charge in [0.1, 0.15) is 48.0 Å². The van der Waals surface area contributed by atoms with Gasteiger partial charge < -0.3 is 62.7 Å². The number of H-pyrrole nitrogens is 2. The second kappa shape index (κ2) is 24.5. The summed E-state index contributed by atoms with van der Waals surface area (Å²) >= 11 is 0. The van der Waals surface area contributed by atoms with Crippen LogP contribution in [0.3, 0.4) is 0 Å². The molecule has 8 amide bonds. The Labute approximate surface area is 393 Å². The molecular formula is C47H63N11O10. The molecule has 5 rings (SSSR count). The first-order valence-corrected chi connectivity index (χ1v) is 22.7. The smallest absolute Gasteiger partial charge is 0.245 e. The number of phenolic OH excluding ortho intramolecular Hbond substituents is 1. The average molecular weight is 942 g/mol. The van der Waals surface area contributed by atoms with Gasteiger partial charge in [-0.2, -0.15) is 0 Å². The lowest BCUT2D eigenvalue weighted by Gasteiger charge is -2.28. The van der Waals surface area contributed by atoms with Crippen LogP contribution in [-0.4, -0.2) is 128 Å². The van der Waals surface area contributed by atoms with Gasteiger partial charge in [-0.1, -0.05) is 58.0 Å². The third-order valence-electron chi connectivity index (χ3n) is 11.4. The number of rotatable bonds is 24. The summed E-state index contributed by atoms with van der Waals surface area (Å²) in [6.45, 7) is 6.55. The second-order valence-electron chi connectivity index (χ2n) is 17.8. The molecule has 7 unspecified atom stereocenters. The van der Waals surface area contributed by atoms with Gasteiger partial charge in [-0.15, -0.1) is 0 Å². The maximum Gasteiger partial charge on any atom is 0.245 e. The molecule has 366 valence electrons.